The summed E-state index contributed by atoms with van der Waals surface area (Å²) >= 11 is 1.26. The number of nitrogens with one attached hydrogen (secondary N) is 1. The molecule has 1 aliphatic heterocycles. The molecule has 2 fully saturated rings. The maximum atomic E-state index is 12.7. The van der Waals surface area contributed by atoms with E-state index in [1.807, 2.05) is 6.92 Å². The molecular formula is C22H37N3O3S2. The van der Waals surface area contributed by atoms with Gasteiger partial charge in [0.05, 0.1) is 0 Å². The molecule has 8 heteroatoms. The van der Waals surface area contributed by atoms with Gasteiger partial charge in [-0.1, -0.05) is 32.3 Å². The monoisotopic (exact) mass is 455 g/mol. The molecule has 1 amide bonds. The molecule has 170 valence electrons. The van der Waals surface area contributed by atoms with Crippen molar-refractivity contribution in [2.75, 3.05) is 33.2 Å². The Balaban J connectivity index is 1.36. The second-order valence-electron chi connectivity index (χ2n) is 8.88. The molecule has 2 aliphatic rings. The predicted octanol–water partition coefficient (Wildman–Crippen LogP) is 3.56. The van der Waals surface area contributed by atoms with Gasteiger partial charge >= 0.3 is 0 Å². The van der Waals surface area contributed by atoms with Gasteiger partial charge in [0.15, 0.2) is 0 Å². The van der Waals surface area contributed by atoms with Crippen LogP contribution in [0, 0.1) is 11.8 Å². The second-order valence-corrected chi connectivity index (χ2v) is 12.0. The van der Waals surface area contributed by atoms with Crippen LogP contribution in [0.5, 0.6) is 0 Å². The number of nitrogens with zero attached hydrogens (tertiary/aromatic N) is 2. The SMILES string of the molecule is CC(C(=O)NCCCN(C)C1CCCCC1)C1CCN(S(=O)(=O)c2cccs2)CC1. The molecule has 0 radical (unpaired) electrons. The first-order chi connectivity index (χ1) is 14.4. The van der Waals surface area contributed by atoms with Gasteiger partial charge in [-0.25, -0.2) is 8.42 Å². The number of carbonyl (C=O) groups excluding carboxylic acids is 1. The van der Waals surface area contributed by atoms with Crippen LogP contribution in [0.3, 0.4) is 0 Å². The van der Waals surface area contributed by atoms with E-state index in [1.54, 1.807) is 21.8 Å². The molecule has 1 unspecified atom stereocenters. The van der Waals surface area contributed by atoms with Crippen LogP contribution in [0.15, 0.2) is 21.7 Å². The molecule has 1 atom stereocenters. The Morgan fingerprint density at radius 2 is 1.93 bits per heavy atom. The van der Waals surface area contributed by atoms with Crippen molar-refractivity contribution in [2.24, 2.45) is 11.8 Å². The summed E-state index contributed by atoms with van der Waals surface area (Å²) in [5.41, 5.74) is 0. The molecule has 2 heterocycles. The standard InChI is InChI=1S/C22H37N3O3S2/c1-18(22(26)23-13-7-14-24(2)20-8-4-3-5-9-20)19-11-15-25(16-12-19)30(27,28)21-10-6-17-29-21/h6,10,17-20H,3-5,7-9,11-16H2,1-2H3,(H,23,26). The van der Waals surface area contributed by atoms with E-state index in [-0.39, 0.29) is 17.7 Å². The Labute approximate surface area is 186 Å². The lowest BCUT2D eigenvalue weighted by atomic mass is 9.85. The number of thiophene rings is 1. The van der Waals surface area contributed by atoms with E-state index in [0.29, 0.717) is 29.9 Å². The summed E-state index contributed by atoms with van der Waals surface area (Å²) in [6, 6.07) is 4.14. The third kappa shape index (κ3) is 6.05. The summed E-state index contributed by atoms with van der Waals surface area (Å²) in [5, 5.41) is 4.90. The zero-order valence-electron chi connectivity index (χ0n) is 18.4. The lowest BCUT2D eigenvalue weighted by Gasteiger charge is -2.33. The van der Waals surface area contributed by atoms with Crippen LogP contribution >= 0.6 is 11.3 Å². The van der Waals surface area contributed by atoms with E-state index in [9.17, 15) is 13.2 Å². The highest BCUT2D eigenvalue weighted by Gasteiger charge is 2.33. The van der Waals surface area contributed by atoms with Gasteiger partial charge in [0, 0.05) is 31.6 Å². The summed E-state index contributed by atoms with van der Waals surface area (Å²) in [5.74, 6) is 0.271. The van der Waals surface area contributed by atoms with Crippen LogP contribution in [0.4, 0.5) is 0 Å². The zero-order valence-corrected chi connectivity index (χ0v) is 20.0. The second kappa shape index (κ2) is 11.1. The molecule has 0 bridgehead atoms. The number of rotatable bonds is 9. The Hall–Kier alpha value is -0.960. The lowest BCUT2D eigenvalue weighted by molar-refractivity contribution is -0.126. The molecule has 1 aromatic rings. The van der Waals surface area contributed by atoms with Gasteiger partial charge in [-0.15, -0.1) is 11.3 Å². The Morgan fingerprint density at radius 1 is 1.23 bits per heavy atom. The smallest absolute Gasteiger partial charge is 0.252 e. The van der Waals surface area contributed by atoms with Gasteiger partial charge in [0.2, 0.25) is 5.91 Å². The van der Waals surface area contributed by atoms with Gasteiger partial charge < -0.3 is 10.2 Å². The van der Waals surface area contributed by atoms with Crippen LogP contribution in [0.1, 0.15) is 58.3 Å². The molecule has 1 saturated heterocycles. The van der Waals surface area contributed by atoms with Crippen LogP contribution < -0.4 is 5.32 Å². The Morgan fingerprint density at radius 3 is 2.57 bits per heavy atom. The van der Waals surface area contributed by atoms with Gasteiger partial charge in [0.25, 0.3) is 10.0 Å². The zero-order chi connectivity index (χ0) is 21.6. The summed E-state index contributed by atoms with van der Waals surface area (Å²) < 4.78 is 27.3. The van der Waals surface area contributed by atoms with Crippen molar-refractivity contribution in [3.8, 4) is 0 Å². The molecule has 0 aromatic carbocycles. The Kier molecular flexibility index (Phi) is 8.74. The van der Waals surface area contributed by atoms with Crippen molar-refractivity contribution in [3.05, 3.63) is 17.5 Å². The number of piperidine rings is 1. The van der Waals surface area contributed by atoms with E-state index in [4.69, 9.17) is 0 Å². The molecule has 1 aliphatic carbocycles. The molecule has 1 aromatic heterocycles. The summed E-state index contributed by atoms with van der Waals surface area (Å²) in [6.07, 6.45) is 9.13. The van der Waals surface area contributed by atoms with Crippen molar-refractivity contribution in [1.29, 1.82) is 0 Å². The number of carbonyl (C=O) groups is 1. The average molecular weight is 456 g/mol. The highest BCUT2D eigenvalue weighted by molar-refractivity contribution is 7.91. The fourth-order valence-electron chi connectivity index (χ4n) is 4.77. The average Bonchev–Trinajstić information content (AvgIpc) is 3.32. The highest BCUT2D eigenvalue weighted by atomic mass is 32.2. The summed E-state index contributed by atoms with van der Waals surface area (Å²) in [7, 11) is -1.17. The summed E-state index contributed by atoms with van der Waals surface area (Å²) in [4.78, 5) is 15.1. The predicted molar refractivity (Wildman–Crippen MR) is 122 cm³/mol. The topological polar surface area (TPSA) is 69.7 Å². The molecule has 3 rings (SSSR count). The van der Waals surface area contributed by atoms with E-state index in [1.165, 1.54) is 43.4 Å². The highest BCUT2D eigenvalue weighted by Crippen LogP contribution is 2.30. The number of amides is 1. The van der Waals surface area contributed by atoms with E-state index < -0.39 is 10.0 Å². The fourth-order valence-corrected chi connectivity index (χ4v) is 7.39. The van der Waals surface area contributed by atoms with E-state index in [2.05, 4.69) is 17.3 Å². The normalized spacial score (nSPS) is 21.0. The third-order valence-corrected chi connectivity index (χ3v) is 10.2. The van der Waals surface area contributed by atoms with Crippen molar-refractivity contribution >= 4 is 27.3 Å². The fraction of sp³-hybridized carbons (Fsp3) is 0.773. The van der Waals surface area contributed by atoms with Crippen molar-refractivity contribution < 1.29 is 13.2 Å². The van der Waals surface area contributed by atoms with Gasteiger partial charge in [-0.2, -0.15) is 4.31 Å². The van der Waals surface area contributed by atoms with Crippen molar-refractivity contribution in [1.82, 2.24) is 14.5 Å². The minimum Gasteiger partial charge on any atom is -0.356 e. The first-order valence-corrected chi connectivity index (χ1v) is 13.7. The van der Waals surface area contributed by atoms with Crippen LogP contribution in [0.2, 0.25) is 0 Å². The van der Waals surface area contributed by atoms with Crippen LogP contribution in [-0.2, 0) is 14.8 Å². The minimum absolute atomic E-state index is 0.0762. The number of hydrogen-bond acceptors (Lipinski definition) is 5. The molecule has 1 saturated carbocycles. The molecule has 30 heavy (non-hydrogen) atoms. The van der Waals surface area contributed by atoms with Gasteiger partial charge in [0.1, 0.15) is 4.21 Å². The number of sulfonamides is 1. The molecule has 6 nitrogen and oxygen atoms in total. The van der Waals surface area contributed by atoms with Crippen LogP contribution in [0.25, 0.3) is 0 Å². The van der Waals surface area contributed by atoms with E-state index in [0.717, 1.165) is 25.8 Å². The summed E-state index contributed by atoms with van der Waals surface area (Å²) in [6.45, 7) is 4.71. The van der Waals surface area contributed by atoms with Crippen molar-refractivity contribution in [2.45, 2.75) is 68.5 Å². The largest absolute Gasteiger partial charge is 0.356 e. The van der Waals surface area contributed by atoms with Crippen LogP contribution in [-0.4, -0.2) is 62.8 Å². The maximum absolute atomic E-state index is 12.7. The lowest BCUT2D eigenvalue weighted by Crippen LogP contribution is -2.43. The minimum atomic E-state index is -3.38. The Bertz CT molecular complexity index is 753. The molecule has 0 spiro atoms. The van der Waals surface area contributed by atoms with Crippen molar-refractivity contribution in [3.63, 3.8) is 0 Å². The first-order valence-electron chi connectivity index (χ1n) is 11.4. The maximum Gasteiger partial charge on any atom is 0.252 e. The van der Waals surface area contributed by atoms with E-state index >= 15 is 0 Å². The first kappa shape index (κ1) is 23.7. The van der Waals surface area contributed by atoms with Gasteiger partial charge in [-0.05, 0) is 63.1 Å². The third-order valence-electron chi connectivity index (χ3n) is 6.89. The van der Waals surface area contributed by atoms with Gasteiger partial charge in [-0.3, -0.25) is 4.79 Å². The molecule has 1 N–H and O–H groups in total. The quantitative estimate of drug-likeness (QED) is 0.578. The molecular weight excluding hydrogens is 418 g/mol. The number of hydrogen-bond donors (Lipinski definition) is 1.